The lowest BCUT2D eigenvalue weighted by Crippen LogP contribution is -2.30. The average molecular weight is 384 g/mol. The monoisotopic (exact) mass is 384 g/mol. The Bertz CT molecular complexity index is 1220. The molecule has 4 heterocycles. The van der Waals surface area contributed by atoms with Gasteiger partial charge in [-0.15, -0.1) is 0 Å². The van der Waals surface area contributed by atoms with Gasteiger partial charge in [-0.1, -0.05) is 18.3 Å². The van der Waals surface area contributed by atoms with Gasteiger partial charge in [0.15, 0.2) is 5.82 Å². The third-order valence-corrected chi connectivity index (χ3v) is 5.70. The first-order valence-electron chi connectivity index (χ1n) is 10.2. The topological polar surface area (TPSA) is 86.6 Å². The van der Waals surface area contributed by atoms with Crippen molar-refractivity contribution in [2.24, 2.45) is 0 Å². The molecule has 0 atom stereocenters. The first-order valence-corrected chi connectivity index (χ1v) is 10.2. The van der Waals surface area contributed by atoms with E-state index in [9.17, 15) is 0 Å². The molecule has 1 aliphatic rings. The Kier molecular flexibility index (Phi) is 4.66. The molecule has 0 unspecified atom stereocenters. The molecule has 4 aromatic rings. The fraction of sp³-hybridized carbons (Fsp3) is 0.304. The minimum atomic E-state index is 0.498. The van der Waals surface area contributed by atoms with E-state index in [1.807, 2.05) is 24.5 Å². The molecule has 5 rings (SSSR count). The predicted octanol–water partition coefficient (Wildman–Crippen LogP) is 3.92. The largest absolute Gasteiger partial charge is 0.382 e. The summed E-state index contributed by atoms with van der Waals surface area (Å²) in [7, 11) is 0. The minimum absolute atomic E-state index is 0.498. The van der Waals surface area contributed by atoms with E-state index in [0.717, 1.165) is 51.6 Å². The molecule has 6 nitrogen and oxygen atoms in total. The van der Waals surface area contributed by atoms with Gasteiger partial charge >= 0.3 is 0 Å². The lowest BCUT2D eigenvalue weighted by molar-refractivity contribution is 0.234. The minimum Gasteiger partial charge on any atom is -0.382 e. The van der Waals surface area contributed by atoms with Gasteiger partial charge in [0.25, 0.3) is 0 Å². The van der Waals surface area contributed by atoms with Gasteiger partial charge in [0.2, 0.25) is 0 Å². The summed E-state index contributed by atoms with van der Waals surface area (Å²) in [5.41, 5.74) is 11.0. The Morgan fingerprint density at radius 2 is 2.00 bits per heavy atom. The number of piperidine rings is 1. The van der Waals surface area contributed by atoms with Crippen LogP contribution in [-0.2, 0) is 0 Å². The summed E-state index contributed by atoms with van der Waals surface area (Å²) < 4.78 is 0. The molecule has 0 spiro atoms. The number of rotatable bonds is 3. The molecule has 0 radical (unpaired) electrons. The fourth-order valence-electron chi connectivity index (χ4n) is 4.16. The van der Waals surface area contributed by atoms with Crippen molar-refractivity contribution < 1.29 is 0 Å². The molecule has 4 N–H and O–H groups in total. The van der Waals surface area contributed by atoms with E-state index in [2.05, 4.69) is 49.0 Å². The van der Waals surface area contributed by atoms with Crippen molar-refractivity contribution in [3.05, 3.63) is 42.2 Å². The Morgan fingerprint density at radius 3 is 2.90 bits per heavy atom. The van der Waals surface area contributed by atoms with Crippen LogP contribution in [0, 0.1) is 11.8 Å². The molecule has 6 heteroatoms. The lowest BCUT2D eigenvalue weighted by atomic mass is 9.99. The van der Waals surface area contributed by atoms with E-state index in [1.165, 1.54) is 32.4 Å². The summed E-state index contributed by atoms with van der Waals surface area (Å²) in [5.74, 6) is 7.23. The number of aromatic amines is 2. The Hall–Kier alpha value is -3.30. The van der Waals surface area contributed by atoms with Crippen molar-refractivity contribution >= 4 is 27.8 Å². The number of nitrogens with two attached hydrogens (primary N) is 1. The van der Waals surface area contributed by atoms with E-state index < -0.39 is 0 Å². The second kappa shape index (κ2) is 7.61. The first kappa shape index (κ1) is 17.8. The van der Waals surface area contributed by atoms with Gasteiger partial charge in [0.1, 0.15) is 5.65 Å². The highest BCUT2D eigenvalue weighted by Gasteiger charge is 2.12. The van der Waals surface area contributed by atoms with E-state index in [-0.39, 0.29) is 0 Å². The van der Waals surface area contributed by atoms with Crippen molar-refractivity contribution in [3.8, 4) is 23.0 Å². The van der Waals surface area contributed by atoms with Crippen LogP contribution < -0.4 is 5.73 Å². The number of pyridine rings is 1. The SMILES string of the molecule is Nc1n[nH]c2c(C#CCCN3CCCCC3)cc(-c3ccnc4[nH]ccc34)cc12. The van der Waals surface area contributed by atoms with Crippen LogP contribution in [-0.4, -0.2) is 44.7 Å². The number of nitrogen functional groups attached to an aromatic ring is 1. The predicted molar refractivity (Wildman–Crippen MR) is 117 cm³/mol. The maximum Gasteiger partial charge on any atom is 0.153 e. The highest BCUT2D eigenvalue weighted by atomic mass is 15.2. The smallest absolute Gasteiger partial charge is 0.153 e. The van der Waals surface area contributed by atoms with E-state index in [0.29, 0.717) is 5.82 Å². The van der Waals surface area contributed by atoms with Crippen molar-refractivity contribution in [2.45, 2.75) is 25.7 Å². The first-order chi connectivity index (χ1) is 14.3. The quantitative estimate of drug-likeness (QED) is 0.467. The third-order valence-electron chi connectivity index (χ3n) is 5.70. The maximum atomic E-state index is 6.12. The van der Waals surface area contributed by atoms with Gasteiger partial charge in [0, 0.05) is 36.1 Å². The van der Waals surface area contributed by atoms with Crippen molar-refractivity contribution in [3.63, 3.8) is 0 Å². The second-order valence-corrected chi connectivity index (χ2v) is 7.61. The van der Waals surface area contributed by atoms with E-state index >= 15 is 0 Å². The zero-order valence-corrected chi connectivity index (χ0v) is 16.3. The van der Waals surface area contributed by atoms with E-state index in [4.69, 9.17) is 5.73 Å². The molecular formula is C23H24N6. The number of H-pyrrole nitrogens is 2. The number of nitrogens with zero attached hydrogens (tertiary/aromatic N) is 3. The molecule has 1 aromatic carbocycles. The molecule has 0 saturated carbocycles. The number of nitrogens with one attached hydrogen (secondary N) is 2. The Balaban J connectivity index is 1.50. The summed E-state index contributed by atoms with van der Waals surface area (Å²) in [5, 5.41) is 9.24. The van der Waals surface area contributed by atoms with Gasteiger partial charge in [-0.05, 0) is 61.3 Å². The van der Waals surface area contributed by atoms with Crippen LogP contribution in [0.5, 0.6) is 0 Å². The number of aromatic nitrogens is 4. The molecule has 0 amide bonds. The van der Waals surface area contributed by atoms with Crippen LogP contribution in [0.3, 0.4) is 0 Å². The molecule has 29 heavy (non-hydrogen) atoms. The standard InChI is InChI=1S/C23H24N6/c24-22-20-15-17(18-7-9-25-23-19(18)8-10-26-23)14-16(21(20)27-28-22)6-2-5-13-29-11-3-1-4-12-29/h7-10,14-15H,1,3-5,11-13H2,(H,25,26)(H3,24,27,28). The molecule has 0 aliphatic carbocycles. The van der Waals surface area contributed by atoms with Crippen LogP contribution in [0.15, 0.2) is 36.7 Å². The molecule has 1 aliphatic heterocycles. The number of benzene rings is 1. The van der Waals surface area contributed by atoms with Gasteiger partial charge < -0.3 is 15.6 Å². The number of hydrogen-bond donors (Lipinski definition) is 3. The maximum absolute atomic E-state index is 6.12. The highest BCUT2D eigenvalue weighted by molar-refractivity contribution is 6.00. The number of hydrogen-bond acceptors (Lipinski definition) is 4. The molecule has 1 fully saturated rings. The van der Waals surface area contributed by atoms with Gasteiger partial charge in [0.05, 0.1) is 11.1 Å². The van der Waals surface area contributed by atoms with Crippen molar-refractivity contribution in [2.75, 3.05) is 25.4 Å². The molecule has 3 aromatic heterocycles. The van der Waals surface area contributed by atoms with Crippen LogP contribution in [0.4, 0.5) is 5.82 Å². The summed E-state index contributed by atoms with van der Waals surface area (Å²) in [6.07, 6.45) is 8.57. The van der Waals surface area contributed by atoms with Crippen molar-refractivity contribution in [1.29, 1.82) is 0 Å². The summed E-state index contributed by atoms with van der Waals surface area (Å²) in [4.78, 5) is 10.1. The zero-order chi connectivity index (χ0) is 19.6. The highest BCUT2D eigenvalue weighted by Crippen LogP contribution is 2.32. The fourth-order valence-corrected chi connectivity index (χ4v) is 4.16. The summed E-state index contributed by atoms with van der Waals surface area (Å²) in [6, 6.07) is 8.27. The van der Waals surface area contributed by atoms with Gasteiger partial charge in [-0.25, -0.2) is 4.98 Å². The van der Waals surface area contributed by atoms with Crippen LogP contribution >= 0.6 is 0 Å². The molecule has 1 saturated heterocycles. The van der Waals surface area contributed by atoms with Crippen LogP contribution in [0.2, 0.25) is 0 Å². The average Bonchev–Trinajstić information content (AvgIpc) is 3.38. The Morgan fingerprint density at radius 1 is 1.10 bits per heavy atom. The number of anilines is 1. The van der Waals surface area contributed by atoms with Crippen molar-refractivity contribution in [1.82, 2.24) is 25.1 Å². The zero-order valence-electron chi connectivity index (χ0n) is 16.3. The molecule has 146 valence electrons. The van der Waals surface area contributed by atoms with Crippen LogP contribution in [0.1, 0.15) is 31.2 Å². The van der Waals surface area contributed by atoms with Crippen LogP contribution in [0.25, 0.3) is 33.1 Å². The Labute approximate surface area is 169 Å². The third kappa shape index (κ3) is 3.45. The lowest BCUT2D eigenvalue weighted by Gasteiger charge is -2.25. The summed E-state index contributed by atoms with van der Waals surface area (Å²) >= 11 is 0. The van der Waals surface area contributed by atoms with Gasteiger partial charge in [-0.2, -0.15) is 5.10 Å². The number of fused-ring (bicyclic) bond motifs is 2. The van der Waals surface area contributed by atoms with E-state index in [1.54, 1.807) is 0 Å². The molecular weight excluding hydrogens is 360 g/mol. The number of likely N-dealkylation sites (tertiary alicyclic amines) is 1. The second-order valence-electron chi connectivity index (χ2n) is 7.61. The normalized spacial score (nSPS) is 14.9. The van der Waals surface area contributed by atoms with Gasteiger partial charge in [-0.3, -0.25) is 5.10 Å². The summed E-state index contributed by atoms with van der Waals surface area (Å²) in [6.45, 7) is 3.44. The molecule has 0 bridgehead atoms.